The largest absolute Gasteiger partial charge is 0.422 e. The van der Waals surface area contributed by atoms with Gasteiger partial charge in [0.2, 0.25) is 0 Å². The first-order valence-electron chi connectivity index (χ1n) is 7.06. The number of hydrogen-bond donors (Lipinski definition) is 1. The molecule has 0 atom stereocenters. The van der Waals surface area contributed by atoms with Crippen LogP contribution in [-0.2, 0) is 0 Å². The van der Waals surface area contributed by atoms with Gasteiger partial charge in [-0.3, -0.25) is 4.79 Å². The molecule has 4 nitrogen and oxygen atoms in total. The van der Waals surface area contributed by atoms with E-state index in [1.807, 2.05) is 32.0 Å². The van der Waals surface area contributed by atoms with Gasteiger partial charge in [-0.05, 0) is 49.2 Å². The number of nitrogens with one attached hydrogen (secondary N) is 1. The molecule has 0 saturated heterocycles. The summed E-state index contributed by atoms with van der Waals surface area (Å²) in [5.41, 5.74) is 2.37. The zero-order chi connectivity index (χ0) is 16.6. The lowest BCUT2D eigenvalue weighted by Gasteiger charge is -2.11. The zero-order valence-corrected chi connectivity index (χ0v) is 14.2. The lowest BCUT2D eigenvalue weighted by molar-refractivity contribution is 0.102. The Kier molecular flexibility index (Phi) is 4.05. The summed E-state index contributed by atoms with van der Waals surface area (Å²) in [6.45, 7) is 3.81. The Bertz CT molecular complexity index is 955. The Morgan fingerprint density at radius 2 is 1.78 bits per heavy atom. The second-order valence-corrected chi connectivity index (χ2v) is 6.27. The van der Waals surface area contributed by atoms with Gasteiger partial charge in [0.25, 0.3) is 5.91 Å². The second-order valence-electron chi connectivity index (χ2n) is 5.35. The molecule has 0 aliphatic carbocycles. The lowest BCUT2D eigenvalue weighted by Crippen LogP contribution is -2.21. The van der Waals surface area contributed by atoms with Crippen molar-refractivity contribution in [2.45, 2.75) is 13.8 Å². The van der Waals surface area contributed by atoms with Gasteiger partial charge in [-0.25, -0.2) is 4.79 Å². The van der Waals surface area contributed by atoms with E-state index in [1.54, 1.807) is 24.3 Å². The maximum Gasteiger partial charge on any atom is 0.349 e. The first-order valence-corrected chi connectivity index (χ1v) is 7.86. The van der Waals surface area contributed by atoms with Gasteiger partial charge >= 0.3 is 5.63 Å². The number of fused-ring (bicyclic) bond motifs is 1. The molecule has 0 radical (unpaired) electrons. The molecule has 2 aromatic carbocycles. The van der Waals surface area contributed by atoms with Crippen molar-refractivity contribution >= 4 is 38.5 Å². The molecular weight excluding hydrogens is 358 g/mol. The lowest BCUT2D eigenvalue weighted by atomic mass is 10.1. The predicted molar refractivity (Wildman–Crippen MR) is 94.1 cm³/mol. The van der Waals surface area contributed by atoms with Gasteiger partial charge in [0.1, 0.15) is 11.1 Å². The van der Waals surface area contributed by atoms with Crippen LogP contribution in [0.5, 0.6) is 0 Å². The van der Waals surface area contributed by atoms with Crippen LogP contribution in [0.1, 0.15) is 21.5 Å². The second kappa shape index (κ2) is 6.01. The van der Waals surface area contributed by atoms with Crippen LogP contribution < -0.4 is 10.9 Å². The molecule has 116 valence electrons. The summed E-state index contributed by atoms with van der Waals surface area (Å²) < 4.78 is 6.08. The summed E-state index contributed by atoms with van der Waals surface area (Å²) in [5.74, 6) is -0.474. The van der Waals surface area contributed by atoms with Crippen LogP contribution >= 0.6 is 15.9 Å². The highest BCUT2D eigenvalue weighted by Crippen LogP contribution is 2.22. The summed E-state index contributed by atoms with van der Waals surface area (Å²) in [5, 5.41) is 3.49. The fourth-order valence-electron chi connectivity index (χ4n) is 2.45. The highest BCUT2D eigenvalue weighted by molar-refractivity contribution is 9.10. The maximum atomic E-state index is 12.5. The minimum Gasteiger partial charge on any atom is -0.422 e. The van der Waals surface area contributed by atoms with Gasteiger partial charge in [-0.15, -0.1) is 0 Å². The van der Waals surface area contributed by atoms with Gasteiger partial charge in [0.05, 0.1) is 0 Å². The number of carbonyl (C=O) groups is 1. The molecule has 3 rings (SSSR count). The van der Waals surface area contributed by atoms with E-state index in [9.17, 15) is 9.59 Å². The third kappa shape index (κ3) is 3.05. The van der Waals surface area contributed by atoms with E-state index in [1.165, 1.54) is 0 Å². The molecule has 0 aliphatic heterocycles. The number of anilines is 1. The number of carbonyl (C=O) groups excluding carboxylic acids is 1. The molecule has 0 unspecified atom stereocenters. The summed E-state index contributed by atoms with van der Waals surface area (Å²) >= 11 is 3.37. The van der Waals surface area contributed by atoms with Crippen molar-refractivity contribution in [2.75, 3.05) is 5.32 Å². The van der Waals surface area contributed by atoms with Crippen molar-refractivity contribution in [3.63, 3.8) is 0 Å². The van der Waals surface area contributed by atoms with Gasteiger partial charge in [-0.1, -0.05) is 34.1 Å². The Morgan fingerprint density at radius 3 is 2.48 bits per heavy atom. The third-order valence-corrected chi connectivity index (χ3v) is 4.15. The van der Waals surface area contributed by atoms with Crippen LogP contribution in [0.15, 0.2) is 56.1 Å². The number of halogens is 1. The zero-order valence-electron chi connectivity index (χ0n) is 12.6. The molecule has 5 heteroatoms. The van der Waals surface area contributed by atoms with Crippen molar-refractivity contribution in [2.24, 2.45) is 0 Å². The molecule has 0 spiro atoms. The van der Waals surface area contributed by atoms with E-state index in [-0.39, 0.29) is 5.56 Å². The smallest absolute Gasteiger partial charge is 0.349 e. The predicted octanol–water partition coefficient (Wildman–Crippen LogP) is 4.42. The van der Waals surface area contributed by atoms with E-state index in [2.05, 4.69) is 21.2 Å². The monoisotopic (exact) mass is 371 g/mol. The number of aryl methyl sites for hydroxylation is 2. The quantitative estimate of drug-likeness (QED) is 0.678. The molecule has 0 aliphatic rings. The van der Waals surface area contributed by atoms with E-state index >= 15 is 0 Å². The summed E-state index contributed by atoms with van der Waals surface area (Å²) in [4.78, 5) is 24.6. The summed E-state index contributed by atoms with van der Waals surface area (Å²) in [6, 6.07) is 12.5. The molecule has 1 aromatic heterocycles. The average molecular weight is 372 g/mol. The van der Waals surface area contributed by atoms with E-state index in [0.29, 0.717) is 16.7 Å². The van der Waals surface area contributed by atoms with Gasteiger partial charge in [-0.2, -0.15) is 0 Å². The van der Waals surface area contributed by atoms with Crippen LogP contribution in [0, 0.1) is 13.8 Å². The molecular formula is C18H14BrNO3. The summed E-state index contributed by atoms with van der Waals surface area (Å²) in [6.07, 6.45) is 0. The standard InChI is InChI=1S/C18H14BrNO3/c1-10-4-3-5-11(2)16(10)20-17(21)14-9-12-8-13(19)6-7-15(12)23-18(14)22/h3-9H,1-2H3,(H,20,21). The first kappa shape index (κ1) is 15.5. The van der Waals surface area contributed by atoms with Gasteiger partial charge in [0, 0.05) is 15.5 Å². The minimum absolute atomic E-state index is 0.0155. The number of rotatable bonds is 2. The molecule has 0 saturated carbocycles. The normalized spacial score (nSPS) is 10.7. The topological polar surface area (TPSA) is 59.3 Å². The Labute approximate surface area is 141 Å². The van der Waals surface area contributed by atoms with Gasteiger partial charge < -0.3 is 9.73 Å². The molecule has 0 bridgehead atoms. The summed E-state index contributed by atoms with van der Waals surface area (Å²) in [7, 11) is 0. The molecule has 0 fully saturated rings. The van der Waals surface area contributed by atoms with Crippen LogP contribution in [0.2, 0.25) is 0 Å². The van der Waals surface area contributed by atoms with Crippen LogP contribution in [-0.4, -0.2) is 5.91 Å². The van der Waals surface area contributed by atoms with Crippen molar-refractivity contribution in [1.82, 2.24) is 0 Å². The number of hydrogen-bond acceptors (Lipinski definition) is 3. The Hall–Kier alpha value is -2.40. The molecule has 1 amide bonds. The number of amides is 1. The highest BCUT2D eigenvalue weighted by Gasteiger charge is 2.15. The van der Waals surface area contributed by atoms with E-state index in [4.69, 9.17) is 4.42 Å². The van der Waals surface area contributed by atoms with E-state index < -0.39 is 11.5 Å². The van der Waals surface area contributed by atoms with Crippen molar-refractivity contribution in [3.05, 3.63) is 74.0 Å². The fourth-order valence-corrected chi connectivity index (χ4v) is 2.82. The van der Waals surface area contributed by atoms with Crippen LogP contribution in [0.3, 0.4) is 0 Å². The van der Waals surface area contributed by atoms with Crippen molar-refractivity contribution in [3.8, 4) is 0 Å². The average Bonchev–Trinajstić information content (AvgIpc) is 2.50. The highest BCUT2D eigenvalue weighted by atomic mass is 79.9. The number of para-hydroxylation sites is 1. The fraction of sp³-hybridized carbons (Fsp3) is 0.111. The van der Waals surface area contributed by atoms with Gasteiger partial charge in [0.15, 0.2) is 0 Å². The van der Waals surface area contributed by atoms with Crippen LogP contribution in [0.4, 0.5) is 5.69 Å². The Morgan fingerprint density at radius 1 is 1.09 bits per heavy atom. The number of benzene rings is 2. The van der Waals surface area contributed by atoms with Crippen molar-refractivity contribution in [1.29, 1.82) is 0 Å². The Balaban J connectivity index is 2.04. The van der Waals surface area contributed by atoms with E-state index in [0.717, 1.165) is 15.6 Å². The molecule has 1 heterocycles. The minimum atomic E-state index is -0.649. The third-order valence-electron chi connectivity index (χ3n) is 3.66. The molecule has 3 aromatic rings. The van der Waals surface area contributed by atoms with Crippen LogP contribution in [0.25, 0.3) is 11.0 Å². The molecule has 23 heavy (non-hydrogen) atoms. The first-order chi connectivity index (χ1) is 11.0. The maximum absolute atomic E-state index is 12.5. The van der Waals surface area contributed by atoms with Crippen molar-refractivity contribution < 1.29 is 9.21 Å². The molecule has 1 N–H and O–H groups in total. The SMILES string of the molecule is Cc1cccc(C)c1NC(=O)c1cc2cc(Br)ccc2oc1=O.